The Labute approximate surface area is 187 Å². The number of carbonyl (C=O) groups excluding carboxylic acids is 1. The molecule has 0 aliphatic heterocycles. The molecule has 0 spiro atoms. The van der Waals surface area contributed by atoms with E-state index >= 15 is 0 Å². The van der Waals surface area contributed by atoms with Crippen LogP contribution in [0.5, 0.6) is 0 Å². The molecule has 0 aliphatic rings. The Morgan fingerprint density at radius 3 is 2.66 bits per heavy atom. The van der Waals surface area contributed by atoms with Gasteiger partial charge >= 0.3 is 0 Å². The predicted molar refractivity (Wildman–Crippen MR) is 122 cm³/mol. The van der Waals surface area contributed by atoms with E-state index in [1.165, 1.54) is 22.8 Å². The highest BCUT2D eigenvalue weighted by Crippen LogP contribution is 2.27. The highest BCUT2D eigenvalue weighted by molar-refractivity contribution is 8.00. The fraction of sp³-hybridized carbons (Fsp3) is 0.0833. The fourth-order valence-electron chi connectivity index (χ4n) is 3.16. The predicted octanol–water partition coefficient (Wildman–Crippen LogP) is 4.52. The average molecular weight is 444 g/mol. The third-order valence-electron chi connectivity index (χ3n) is 4.75. The molecule has 8 heteroatoms. The van der Waals surface area contributed by atoms with E-state index in [-0.39, 0.29) is 16.8 Å². The topological polar surface area (TPSA) is 87.8 Å². The summed E-state index contributed by atoms with van der Waals surface area (Å²) >= 11 is 1.05. The summed E-state index contributed by atoms with van der Waals surface area (Å²) in [4.78, 5) is 30.5. The van der Waals surface area contributed by atoms with E-state index in [2.05, 4.69) is 10.3 Å². The number of benzene rings is 3. The van der Waals surface area contributed by atoms with E-state index < -0.39 is 16.6 Å². The summed E-state index contributed by atoms with van der Waals surface area (Å²) in [6, 6.07) is 21.3. The molecule has 1 atom stereocenters. The number of thioether (sulfide) groups is 1. The van der Waals surface area contributed by atoms with Crippen molar-refractivity contribution >= 4 is 34.3 Å². The van der Waals surface area contributed by atoms with Gasteiger partial charge in [0.1, 0.15) is 5.82 Å². The zero-order valence-corrected chi connectivity index (χ0v) is 17.8. The number of rotatable bonds is 5. The van der Waals surface area contributed by atoms with Crippen LogP contribution in [0.25, 0.3) is 16.6 Å². The molecule has 1 aromatic heterocycles. The van der Waals surface area contributed by atoms with Crippen LogP contribution in [0, 0.1) is 17.1 Å². The molecule has 4 aromatic rings. The van der Waals surface area contributed by atoms with Gasteiger partial charge in [0.25, 0.3) is 5.56 Å². The highest BCUT2D eigenvalue weighted by Gasteiger charge is 2.21. The van der Waals surface area contributed by atoms with Crippen molar-refractivity contribution in [2.45, 2.75) is 17.3 Å². The zero-order chi connectivity index (χ0) is 22.7. The largest absolute Gasteiger partial charge is 0.325 e. The van der Waals surface area contributed by atoms with E-state index in [0.717, 1.165) is 11.8 Å². The summed E-state index contributed by atoms with van der Waals surface area (Å²) in [7, 11) is 0. The van der Waals surface area contributed by atoms with Crippen LogP contribution < -0.4 is 10.9 Å². The van der Waals surface area contributed by atoms with E-state index in [1.807, 2.05) is 6.07 Å². The van der Waals surface area contributed by atoms with Gasteiger partial charge in [0.05, 0.1) is 33.5 Å². The standard InChI is InChI=1S/C24H17FN4O2S/c1-15(22(30)27-17-8-6-7-16(13-17)14-26)32-24-28-20-11-4-2-9-18(20)23(31)29(24)21-12-5-3-10-19(21)25/h2-13,15H,1H3,(H,27,30). The molecule has 1 amide bonds. The Balaban J connectivity index is 1.72. The minimum Gasteiger partial charge on any atom is -0.325 e. The molecule has 0 saturated heterocycles. The number of nitriles is 1. The number of para-hydroxylation sites is 2. The lowest BCUT2D eigenvalue weighted by Gasteiger charge is -2.17. The number of hydrogen-bond acceptors (Lipinski definition) is 5. The van der Waals surface area contributed by atoms with E-state index in [9.17, 15) is 14.0 Å². The summed E-state index contributed by atoms with van der Waals surface area (Å²) in [5, 5.41) is 11.7. The summed E-state index contributed by atoms with van der Waals surface area (Å²) in [5.74, 6) is -0.911. The molecule has 0 bridgehead atoms. The molecule has 4 rings (SSSR count). The molecule has 3 aromatic carbocycles. The Hall–Kier alpha value is -3.96. The Morgan fingerprint density at radius 1 is 1.12 bits per heavy atom. The van der Waals surface area contributed by atoms with Gasteiger partial charge in [0.15, 0.2) is 5.16 Å². The van der Waals surface area contributed by atoms with Gasteiger partial charge in [-0.25, -0.2) is 9.37 Å². The first-order valence-electron chi connectivity index (χ1n) is 9.72. The maximum atomic E-state index is 14.6. The zero-order valence-electron chi connectivity index (χ0n) is 16.9. The van der Waals surface area contributed by atoms with Gasteiger partial charge in [-0.15, -0.1) is 0 Å². The monoisotopic (exact) mass is 444 g/mol. The number of nitrogens with zero attached hydrogens (tertiary/aromatic N) is 3. The lowest BCUT2D eigenvalue weighted by Crippen LogP contribution is -2.26. The number of amides is 1. The molecular weight excluding hydrogens is 427 g/mol. The summed E-state index contributed by atoms with van der Waals surface area (Å²) in [6.07, 6.45) is 0. The minimum atomic E-state index is -0.660. The number of carbonyl (C=O) groups is 1. The molecule has 1 N–H and O–H groups in total. The molecule has 158 valence electrons. The van der Waals surface area contributed by atoms with Crippen molar-refractivity contribution < 1.29 is 9.18 Å². The van der Waals surface area contributed by atoms with Crippen LogP contribution in [0.2, 0.25) is 0 Å². The Kier molecular flexibility index (Phi) is 6.01. The van der Waals surface area contributed by atoms with Crippen molar-refractivity contribution in [2.75, 3.05) is 5.32 Å². The highest BCUT2D eigenvalue weighted by atomic mass is 32.2. The van der Waals surface area contributed by atoms with Gasteiger partial charge in [-0.2, -0.15) is 5.26 Å². The Bertz CT molecular complexity index is 1430. The molecule has 0 saturated carbocycles. The first-order chi connectivity index (χ1) is 15.5. The van der Waals surface area contributed by atoms with Crippen LogP contribution in [-0.2, 0) is 4.79 Å². The summed E-state index contributed by atoms with van der Waals surface area (Å²) in [5.41, 5.74) is 1.01. The van der Waals surface area contributed by atoms with E-state index in [1.54, 1.807) is 61.5 Å². The van der Waals surface area contributed by atoms with Gasteiger partial charge in [-0.3, -0.25) is 14.2 Å². The first kappa shape index (κ1) is 21.3. The fourth-order valence-corrected chi connectivity index (χ4v) is 4.08. The summed E-state index contributed by atoms with van der Waals surface area (Å²) < 4.78 is 15.8. The van der Waals surface area contributed by atoms with Crippen LogP contribution in [0.3, 0.4) is 0 Å². The lowest BCUT2D eigenvalue weighted by atomic mass is 10.2. The van der Waals surface area contributed by atoms with Gasteiger partial charge in [-0.05, 0) is 49.4 Å². The molecule has 6 nitrogen and oxygen atoms in total. The van der Waals surface area contributed by atoms with Crippen LogP contribution in [0.15, 0.2) is 82.7 Å². The number of aromatic nitrogens is 2. The van der Waals surface area contributed by atoms with E-state index in [4.69, 9.17) is 5.26 Å². The first-order valence-corrected chi connectivity index (χ1v) is 10.6. The van der Waals surface area contributed by atoms with Crippen LogP contribution in [0.4, 0.5) is 10.1 Å². The second-order valence-electron chi connectivity index (χ2n) is 6.95. The molecular formula is C24H17FN4O2S. The van der Waals surface area contributed by atoms with Crippen molar-refractivity contribution in [2.24, 2.45) is 0 Å². The Morgan fingerprint density at radius 2 is 1.88 bits per heavy atom. The van der Waals surface area contributed by atoms with Gasteiger partial charge in [-0.1, -0.05) is 42.1 Å². The SMILES string of the molecule is CC(Sc1nc2ccccc2c(=O)n1-c1ccccc1F)C(=O)Nc1cccc(C#N)c1. The molecule has 0 aliphatic carbocycles. The molecule has 1 unspecified atom stereocenters. The van der Waals surface area contributed by atoms with E-state index in [0.29, 0.717) is 22.2 Å². The maximum absolute atomic E-state index is 14.6. The number of fused-ring (bicyclic) bond motifs is 1. The smallest absolute Gasteiger partial charge is 0.266 e. The second kappa shape index (κ2) is 9.04. The van der Waals surface area contributed by atoms with Crippen molar-refractivity contribution in [1.29, 1.82) is 5.26 Å². The molecule has 0 radical (unpaired) electrons. The third-order valence-corrected chi connectivity index (χ3v) is 5.80. The number of halogens is 1. The van der Waals surface area contributed by atoms with Crippen LogP contribution in [-0.4, -0.2) is 20.7 Å². The average Bonchev–Trinajstić information content (AvgIpc) is 2.80. The second-order valence-corrected chi connectivity index (χ2v) is 8.25. The molecule has 32 heavy (non-hydrogen) atoms. The van der Waals surface area contributed by atoms with Gasteiger partial charge < -0.3 is 5.32 Å². The number of anilines is 1. The number of nitrogens with one attached hydrogen (secondary N) is 1. The van der Waals surface area contributed by atoms with Gasteiger partial charge in [0.2, 0.25) is 5.91 Å². The van der Waals surface area contributed by atoms with Gasteiger partial charge in [0, 0.05) is 5.69 Å². The third kappa shape index (κ3) is 4.24. The maximum Gasteiger partial charge on any atom is 0.266 e. The van der Waals surface area contributed by atoms with Crippen molar-refractivity contribution in [3.05, 3.63) is 94.5 Å². The molecule has 0 fully saturated rings. The normalized spacial score (nSPS) is 11.7. The quantitative estimate of drug-likeness (QED) is 0.361. The van der Waals surface area contributed by atoms with Crippen molar-refractivity contribution in [3.8, 4) is 11.8 Å². The van der Waals surface area contributed by atoms with Crippen LogP contribution >= 0.6 is 11.8 Å². The lowest BCUT2D eigenvalue weighted by molar-refractivity contribution is -0.115. The number of hydrogen-bond donors (Lipinski definition) is 1. The molecule has 1 heterocycles. The van der Waals surface area contributed by atoms with Crippen molar-refractivity contribution in [3.63, 3.8) is 0 Å². The summed E-state index contributed by atoms with van der Waals surface area (Å²) in [6.45, 7) is 1.67. The van der Waals surface area contributed by atoms with Crippen molar-refractivity contribution in [1.82, 2.24) is 9.55 Å². The van der Waals surface area contributed by atoms with Crippen LogP contribution in [0.1, 0.15) is 12.5 Å². The minimum absolute atomic E-state index is 0.0626.